The van der Waals surface area contributed by atoms with Gasteiger partial charge in [-0.2, -0.15) is 0 Å². The summed E-state index contributed by atoms with van der Waals surface area (Å²) in [7, 11) is 0. The normalized spacial score (nSPS) is 29.1. The van der Waals surface area contributed by atoms with Crippen LogP contribution in [0.25, 0.3) is 0 Å². The van der Waals surface area contributed by atoms with E-state index in [1.807, 2.05) is 13.8 Å². The van der Waals surface area contributed by atoms with E-state index in [2.05, 4.69) is 22.6 Å². The minimum atomic E-state index is -0.747. The third kappa shape index (κ3) is 2.81. The molecule has 2 rings (SSSR count). The summed E-state index contributed by atoms with van der Waals surface area (Å²) in [6.07, 6.45) is 3.80. The molecule has 0 aromatic carbocycles. The number of alkyl halides is 1. The quantitative estimate of drug-likeness (QED) is 0.438. The van der Waals surface area contributed by atoms with Crippen molar-refractivity contribution in [1.29, 1.82) is 0 Å². The van der Waals surface area contributed by atoms with Gasteiger partial charge < -0.3 is 9.47 Å². The second-order valence-electron chi connectivity index (χ2n) is 5.86. The number of halogens is 1. The number of esters is 2. The Balaban J connectivity index is 1.96. The molecule has 0 aromatic heterocycles. The van der Waals surface area contributed by atoms with Gasteiger partial charge in [0.25, 0.3) is 0 Å². The average Bonchev–Trinajstić information content (AvgIpc) is 2.92. The highest BCUT2D eigenvalue weighted by Gasteiger charge is 2.47. The molecule has 1 saturated heterocycles. The van der Waals surface area contributed by atoms with Crippen molar-refractivity contribution < 1.29 is 19.1 Å². The summed E-state index contributed by atoms with van der Waals surface area (Å²) in [6, 6.07) is 0. The Bertz CT molecular complexity index is 347. The Morgan fingerprint density at radius 2 is 2.06 bits per heavy atom. The molecule has 1 heterocycles. The highest BCUT2D eigenvalue weighted by atomic mass is 127. The van der Waals surface area contributed by atoms with Gasteiger partial charge in [0.1, 0.15) is 10.5 Å². The lowest BCUT2D eigenvalue weighted by atomic mass is 9.90. The molecular formula is C13H19IO4. The molecule has 2 aliphatic rings. The van der Waals surface area contributed by atoms with Crippen LogP contribution in [0.15, 0.2) is 0 Å². The summed E-state index contributed by atoms with van der Waals surface area (Å²) < 4.78 is 10.2. The maximum Gasteiger partial charge on any atom is 0.348 e. The van der Waals surface area contributed by atoms with Gasteiger partial charge in [0, 0.05) is 5.41 Å². The molecule has 5 heteroatoms. The van der Waals surface area contributed by atoms with Crippen molar-refractivity contribution in [2.75, 3.05) is 6.61 Å². The van der Waals surface area contributed by atoms with E-state index in [-0.39, 0.29) is 9.89 Å². The zero-order chi connectivity index (χ0) is 13.3. The molecule has 0 N–H and O–H groups in total. The van der Waals surface area contributed by atoms with E-state index in [4.69, 9.17) is 9.47 Å². The molecule has 0 bridgehead atoms. The van der Waals surface area contributed by atoms with Crippen LogP contribution in [0.2, 0.25) is 0 Å². The third-order valence-corrected chi connectivity index (χ3v) is 5.31. The van der Waals surface area contributed by atoms with Gasteiger partial charge in [0.15, 0.2) is 0 Å². The molecule has 0 spiro atoms. The van der Waals surface area contributed by atoms with Crippen LogP contribution < -0.4 is 0 Å². The molecule has 1 aliphatic heterocycles. The molecule has 2 atom stereocenters. The first kappa shape index (κ1) is 14.1. The Morgan fingerprint density at radius 3 is 2.56 bits per heavy atom. The first-order chi connectivity index (χ1) is 8.42. The highest BCUT2D eigenvalue weighted by molar-refractivity contribution is 14.1. The Kier molecular flexibility index (Phi) is 4.18. The van der Waals surface area contributed by atoms with Gasteiger partial charge in [-0.1, -0.05) is 49.3 Å². The van der Waals surface area contributed by atoms with Crippen molar-refractivity contribution in [3.05, 3.63) is 0 Å². The fourth-order valence-electron chi connectivity index (χ4n) is 2.56. The first-order valence-corrected chi connectivity index (χ1v) is 7.67. The predicted octanol–water partition coefficient (Wildman–Crippen LogP) is 2.48. The topological polar surface area (TPSA) is 52.6 Å². The van der Waals surface area contributed by atoms with Gasteiger partial charge in [-0.15, -0.1) is 0 Å². The number of carbonyl (C=O) groups excluding carboxylic acids is 2. The lowest BCUT2D eigenvalue weighted by Crippen LogP contribution is -2.38. The minimum absolute atomic E-state index is 0.144. The highest BCUT2D eigenvalue weighted by Crippen LogP contribution is 2.35. The summed E-state index contributed by atoms with van der Waals surface area (Å²) in [5.41, 5.74) is -0.418. The van der Waals surface area contributed by atoms with Crippen LogP contribution in [0, 0.1) is 11.3 Å². The molecule has 0 aromatic rings. The molecule has 1 saturated carbocycles. The third-order valence-electron chi connectivity index (χ3n) is 3.78. The molecule has 0 amide bonds. The van der Waals surface area contributed by atoms with E-state index < -0.39 is 17.5 Å². The number of hydrogen-bond donors (Lipinski definition) is 0. The van der Waals surface area contributed by atoms with E-state index in [0.717, 1.165) is 12.8 Å². The van der Waals surface area contributed by atoms with Gasteiger partial charge in [0.2, 0.25) is 6.10 Å². The Hall–Kier alpha value is -0.330. The lowest BCUT2D eigenvalue weighted by Gasteiger charge is -2.24. The fourth-order valence-corrected chi connectivity index (χ4v) is 3.42. The van der Waals surface area contributed by atoms with Gasteiger partial charge >= 0.3 is 11.9 Å². The van der Waals surface area contributed by atoms with Crippen LogP contribution in [-0.4, -0.2) is 28.6 Å². The zero-order valence-corrected chi connectivity index (χ0v) is 12.9. The van der Waals surface area contributed by atoms with Crippen LogP contribution in [0.1, 0.15) is 39.5 Å². The van der Waals surface area contributed by atoms with Gasteiger partial charge in [-0.25, -0.2) is 4.79 Å². The molecule has 102 valence electrons. The lowest BCUT2D eigenvalue weighted by molar-refractivity contribution is -0.162. The maximum absolute atomic E-state index is 12.1. The van der Waals surface area contributed by atoms with E-state index in [0.29, 0.717) is 12.5 Å². The van der Waals surface area contributed by atoms with Crippen LogP contribution in [0.4, 0.5) is 0 Å². The number of hydrogen-bond acceptors (Lipinski definition) is 4. The monoisotopic (exact) mass is 366 g/mol. The molecule has 18 heavy (non-hydrogen) atoms. The SMILES string of the molecule is CC1(C)COC(=O)[C@@H]1OC(=O)[C@H](I)C1CCCC1. The van der Waals surface area contributed by atoms with E-state index in [1.165, 1.54) is 12.8 Å². The van der Waals surface area contributed by atoms with Crippen LogP contribution in [0.5, 0.6) is 0 Å². The summed E-state index contributed by atoms with van der Waals surface area (Å²) in [4.78, 5) is 23.6. The van der Waals surface area contributed by atoms with Gasteiger partial charge in [0.05, 0.1) is 0 Å². The summed E-state index contributed by atoms with van der Waals surface area (Å²) in [5.74, 6) is -0.276. The van der Waals surface area contributed by atoms with E-state index in [9.17, 15) is 9.59 Å². The predicted molar refractivity (Wildman–Crippen MR) is 74.4 cm³/mol. The fraction of sp³-hybridized carbons (Fsp3) is 0.846. The number of rotatable bonds is 3. The second-order valence-corrected chi connectivity index (χ2v) is 7.20. The molecule has 4 nitrogen and oxygen atoms in total. The Labute approximate surface area is 121 Å². The van der Waals surface area contributed by atoms with Crippen molar-refractivity contribution in [2.45, 2.75) is 49.6 Å². The van der Waals surface area contributed by atoms with E-state index in [1.54, 1.807) is 0 Å². The van der Waals surface area contributed by atoms with Crippen LogP contribution in [0.3, 0.4) is 0 Å². The van der Waals surface area contributed by atoms with Gasteiger partial charge in [-0.05, 0) is 18.8 Å². The summed E-state index contributed by atoms with van der Waals surface area (Å²) >= 11 is 2.15. The number of ether oxygens (including phenoxy) is 2. The van der Waals surface area contributed by atoms with Crippen molar-refractivity contribution in [3.8, 4) is 0 Å². The molecule has 2 fully saturated rings. The summed E-state index contributed by atoms with van der Waals surface area (Å²) in [6.45, 7) is 4.08. The van der Waals surface area contributed by atoms with Crippen LogP contribution in [-0.2, 0) is 19.1 Å². The van der Waals surface area contributed by atoms with Gasteiger partial charge in [-0.3, -0.25) is 4.79 Å². The number of cyclic esters (lactones) is 1. The molecule has 1 aliphatic carbocycles. The van der Waals surface area contributed by atoms with Crippen molar-refractivity contribution in [1.82, 2.24) is 0 Å². The summed E-state index contributed by atoms with van der Waals surface area (Å²) in [5, 5.41) is 0. The first-order valence-electron chi connectivity index (χ1n) is 6.43. The molecule has 0 radical (unpaired) electrons. The molecule has 0 unspecified atom stereocenters. The molecular weight excluding hydrogens is 347 g/mol. The minimum Gasteiger partial charge on any atom is -0.462 e. The zero-order valence-electron chi connectivity index (χ0n) is 10.8. The average molecular weight is 366 g/mol. The largest absolute Gasteiger partial charge is 0.462 e. The number of carbonyl (C=O) groups is 2. The van der Waals surface area contributed by atoms with Crippen molar-refractivity contribution in [3.63, 3.8) is 0 Å². The smallest absolute Gasteiger partial charge is 0.348 e. The standard InChI is InChI=1S/C13H19IO4/c1-13(2)7-17-12(16)10(13)18-11(15)9(14)8-5-3-4-6-8/h8-10H,3-7H2,1-2H3/t9-,10+/m1/s1. The van der Waals surface area contributed by atoms with Crippen molar-refractivity contribution >= 4 is 34.5 Å². The second kappa shape index (κ2) is 5.35. The Morgan fingerprint density at radius 1 is 1.44 bits per heavy atom. The van der Waals surface area contributed by atoms with Crippen LogP contribution >= 0.6 is 22.6 Å². The maximum atomic E-state index is 12.1. The van der Waals surface area contributed by atoms with Crippen molar-refractivity contribution in [2.24, 2.45) is 11.3 Å². The van der Waals surface area contributed by atoms with E-state index >= 15 is 0 Å².